The van der Waals surface area contributed by atoms with Crippen molar-refractivity contribution < 1.29 is 9.32 Å². The van der Waals surface area contributed by atoms with Gasteiger partial charge in [-0.25, -0.2) is 8.57 Å². The molecule has 3 nitrogen and oxygen atoms in total. The van der Waals surface area contributed by atoms with Gasteiger partial charge in [0.2, 0.25) is 0 Å². The summed E-state index contributed by atoms with van der Waals surface area (Å²) in [5.74, 6) is 0.281. The normalized spacial score (nSPS) is 17.4. The number of aliphatic hydroxyl groups excluding tert-OH is 1. The van der Waals surface area contributed by atoms with E-state index in [0.717, 1.165) is 0 Å². The van der Waals surface area contributed by atoms with Crippen LogP contribution in [0.25, 0.3) is 0 Å². The second-order valence-electron chi connectivity index (χ2n) is 1.57. The van der Waals surface area contributed by atoms with Crippen molar-refractivity contribution in [3.63, 3.8) is 0 Å². The number of hydrogen-bond donors (Lipinski definition) is 1. The highest BCUT2D eigenvalue weighted by atomic mass is 32.2. The number of aliphatic hydroxyl groups is 1. The van der Waals surface area contributed by atoms with Crippen LogP contribution in [0.15, 0.2) is 4.36 Å². The minimum Gasteiger partial charge on any atom is -0.395 e. The Bertz CT molecular complexity index is 157. The lowest BCUT2D eigenvalue weighted by Gasteiger charge is -1.95. The van der Waals surface area contributed by atoms with Crippen molar-refractivity contribution in [3.05, 3.63) is 0 Å². The molecular formula is C4H11NO2S. The van der Waals surface area contributed by atoms with Gasteiger partial charge in [-0.15, -0.1) is 0 Å². The van der Waals surface area contributed by atoms with Gasteiger partial charge in [0.25, 0.3) is 0 Å². The molecule has 0 fully saturated rings. The van der Waals surface area contributed by atoms with Crippen LogP contribution in [-0.2, 0) is 9.73 Å². The smallest absolute Gasteiger partial charge is 0.0555 e. The van der Waals surface area contributed by atoms with Gasteiger partial charge in [0, 0.05) is 23.0 Å². The van der Waals surface area contributed by atoms with Crippen LogP contribution in [0, 0.1) is 0 Å². The minimum atomic E-state index is -2.04. The summed E-state index contributed by atoms with van der Waals surface area (Å²) in [7, 11) is -0.547. The molecule has 1 atom stereocenters. The predicted octanol–water partition coefficient (Wildman–Crippen LogP) is -0.294. The molecular weight excluding hydrogens is 126 g/mol. The third-order valence-electron chi connectivity index (χ3n) is 0.856. The van der Waals surface area contributed by atoms with Crippen LogP contribution in [0.2, 0.25) is 0 Å². The molecule has 0 heterocycles. The lowest BCUT2D eigenvalue weighted by atomic mass is 10.9. The topological polar surface area (TPSA) is 49.7 Å². The predicted molar refractivity (Wildman–Crippen MR) is 34.4 cm³/mol. The van der Waals surface area contributed by atoms with Gasteiger partial charge in [-0.2, -0.15) is 0 Å². The number of rotatable bonds is 2. The lowest BCUT2D eigenvalue weighted by molar-refractivity contribution is 0.321. The van der Waals surface area contributed by atoms with Gasteiger partial charge in [0.05, 0.1) is 12.4 Å². The Kier molecular flexibility index (Phi) is 3.01. The molecule has 0 bridgehead atoms. The highest BCUT2D eigenvalue weighted by molar-refractivity contribution is 7.92. The average molecular weight is 137 g/mol. The maximum absolute atomic E-state index is 10.8. The second-order valence-corrected chi connectivity index (χ2v) is 4.26. The zero-order chi connectivity index (χ0) is 6.62. The van der Waals surface area contributed by atoms with Crippen molar-refractivity contribution in [1.82, 2.24) is 0 Å². The van der Waals surface area contributed by atoms with Crippen LogP contribution in [0.1, 0.15) is 0 Å². The first-order chi connectivity index (χ1) is 3.62. The van der Waals surface area contributed by atoms with Gasteiger partial charge in [0.15, 0.2) is 0 Å². The fourth-order valence-electron chi connectivity index (χ4n) is 0.261. The molecule has 1 unspecified atom stereocenters. The highest BCUT2D eigenvalue weighted by Gasteiger charge is 1.94. The van der Waals surface area contributed by atoms with Crippen molar-refractivity contribution in [2.45, 2.75) is 0 Å². The Hall–Kier alpha value is -0.0900. The van der Waals surface area contributed by atoms with E-state index in [9.17, 15) is 4.21 Å². The quantitative estimate of drug-likeness (QED) is 0.568. The monoisotopic (exact) mass is 137 g/mol. The summed E-state index contributed by atoms with van der Waals surface area (Å²) in [4.78, 5) is 0. The Morgan fingerprint density at radius 1 is 1.75 bits per heavy atom. The largest absolute Gasteiger partial charge is 0.395 e. The van der Waals surface area contributed by atoms with E-state index < -0.39 is 9.73 Å². The highest BCUT2D eigenvalue weighted by Crippen LogP contribution is 1.85. The van der Waals surface area contributed by atoms with Crippen molar-refractivity contribution in [3.8, 4) is 0 Å². The van der Waals surface area contributed by atoms with E-state index in [1.54, 1.807) is 0 Å². The van der Waals surface area contributed by atoms with Gasteiger partial charge in [-0.05, 0) is 0 Å². The van der Waals surface area contributed by atoms with E-state index in [0.29, 0.717) is 0 Å². The Balaban J connectivity index is 3.96. The third kappa shape index (κ3) is 2.98. The molecule has 0 aromatic heterocycles. The van der Waals surface area contributed by atoms with E-state index >= 15 is 0 Å². The number of nitrogens with zero attached hydrogens (tertiary/aromatic N) is 1. The molecule has 0 aliphatic rings. The van der Waals surface area contributed by atoms with Gasteiger partial charge < -0.3 is 5.11 Å². The molecule has 0 rings (SSSR count). The molecule has 0 aromatic rings. The first-order valence-electron chi connectivity index (χ1n) is 2.31. The van der Waals surface area contributed by atoms with E-state index in [-0.39, 0.29) is 12.4 Å². The molecule has 4 heteroatoms. The van der Waals surface area contributed by atoms with Gasteiger partial charge in [-0.3, -0.25) is 0 Å². The summed E-state index contributed by atoms with van der Waals surface area (Å²) < 4.78 is 14.4. The van der Waals surface area contributed by atoms with E-state index in [1.807, 2.05) is 0 Å². The van der Waals surface area contributed by atoms with E-state index in [2.05, 4.69) is 4.36 Å². The van der Waals surface area contributed by atoms with Gasteiger partial charge in [-0.1, -0.05) is 0 Å². The van der Waals surface area contributed by atoms with E-state index in [4.69, 9.17) is 5.11 Å². The lowest BCUT2D eigenvalue weighted by Crippen LogP contribution is -2.05. The van der Waals surface area contributed by atoms with Gasteiger partial charge in [0.1, 0.15) is 0 Å². The van der Waals surface area contributed by atoms with Crippen molar-refractivity contribution in [1.29, 1.82) is 0 Å². The fraction of sp³-hybridized carbons (Fsp3) is 1.00. The van der Waals surface area contributed by atoms with Crippen LogP contribution < -0.4 is 0 Å². The zero-order valence-electron chi connectivity index (χ0n) is 5.13. The van der Waals surface area contributed by atoms with Crippen LogP contribution in [0.4, 0.5) is 0 Å². The van der Waals surface area contributed by atoms with Crippen molar-refractivity contribution >= 4 is 9.73 Å². The summed E-state index contributed by atoms with van der Waals surface area (Å²) in [6, 6.07) is 0. The first-order valence-corrected chi connectivity index (χ1v) is 4.40. The minimum absolute atomic E-state index is 0.0489. The third-order valence-corrected chi connectivity index (χ3v) is 2.57. The Labute approximate surface area is 49.9 Å². The molecule has 0 spiro atoms. The van der Waals surface area contributed by atoms with Crippen molar-refractivity contribution in [2.75, 3.05) is 25.7 Å². The molecule has 50 valence electrons. The first kappa shape index (κ1) is 7.91. The standard InChI is InChI=1S/C4H11NO2S/c1-5-8(2,7)4-3-6/h6H,3-4H2,1-2H3. The fourth-order valence-corrected chi connectivity index (χ4v) is 0.782. The molecule has 0 saturated heterocycles. The summed E-state index contributed by atoms with van der Waals surface area (Å²) >= 11 is 0. The van der Waals surface area contributed by atoms with Crippen LogP contribution in [0.3, 0.4) is 0 Å². The molecule has 8 heavy (non-hydrogen) atoms. The molecule has 0 aliphatic heterocycles. The summed E-state index contributed by atoms with van der Waals surface area (Å²) in [5, 5.41) is 8.29. The SMILES string of the molecule is CN=S(C)(=O)CCO. The zero-order valence-corrected chi connectivity index (χ0v) is 5.94. The van der Waals surface area contributed by atoms with E-state index in [1.165, 1.54) is 13.3 Å². The summed E-state index contributed by atoms with van der Waals surface area (Å²) in [6.07, 6.45) is 1.53. The second kappa shape index (κ2) is 3.04. The van der Waals surface area contributed by atoms with Crippen LogP contribution in [0.5, 0.6) is 0 Å². The molecule has 0 saturated carbocycles. The average Bonchev–Trinajstić information content (AvgIpc) is 1.67. The molecule has 0 amide bonds. The number of hydrogen-bond acceptors (Lipinski definition) is 3. The molecule has 1 N–H and O–H groups in total. The summed E-state index contributed by atoms with van der Waals surface area (Å²) in [5.41, 5.74) is 0. The van der Waals surface area contributed by atoms with Crippen molar-refractivity contribution in [2.24, 2.45) is 4.36 Å². The molecule has 0 aromatic carbocycles. The Morgan fingerprint density at radius 2 is 2.25 bits per heavy atom. The maximum atomic E-state index is 10.8. The summed E-state index contributed by atoms with van der Waals surface area (Å²) in [6.45, 7) is -0.0489. The van der Waals surface area contributed by atoms with Crippen LogP contribution >= 0.6 is 0 Å². The van der Waals surface area contributed by atoms with Crippen LogP contribution in [-0.4, -0.2) is 35.0 Å². The molecule has 0 aliphatic carbocycles. The van der Waals surface area contributed by atoms with Gasteiger partial charge >= 0.3 is 0 Å². The molecule has 0 radical (unpaired) electrons. The Morgan fingerprint density at radius 3 is 2.38 bits per heavy atom. The maximum Gasteiger partial charge on any atom is 0.0555 e.